The minimum absolute atomic E-state index is 0.555. The van der Waals surface area contributed by atoms with E-state index in [9.17, 15) is 0 Å². The monoisotopic (exact) mass is 394 g/mol. The van der Waals surface area contributed by atoms with Crippen molar-refractivity contribution in [2.75, 3.05) is 19.5 Å². The second-order valence-electron chi connectivity index (χ2n) is 6.55. The molecule has 1 heterocycles. The number of ether oxygens (including phenoxy) is 1. The molecule has 0 fully saturated rings. The van der Waals surface area contributed by atoms with Gasteiger partial charge in [-0.05, 0) is 36.7 Å². The van der Waals surface area contributed by atoms with Gasteiger partial charge in [0.2, 0.25) is 0 Å². The Morgan fingerprint density at radius 1 is 1.04 bits per heavy atom. The molecule has 2 N–H and O–H groups in total. The zero-order valence-electron chi connectivity index (χ0n) is 16.5. The molecule has 3 aromatic rings. The summed E-state index contributed by atoms with van der Waals surface area (Å²) >= 11 is 1.69. The van der Waals surface area contributed by atoms with Crippen LogP contribution in [0.25, 0.3) is 11.3 Å². The Balaban J connectivity index is 1.75. The second-order valence-corrected chi connectivity index (χ2v) is 7.53. The van der Waals surface area contributed by atoms with E-state index >= 15 is 0 Å². The summed E-state index contributed by atoms with van der Waals surface area (Å²) < 4.78 is 8.45. The zero-order chi connectivity index (χ0) is 19.8. The van der Waals surface area contributed by atoms with Crippen LogP contribution in [0.1, 0.15) is 22.3 Å². The minimum atomic E-state index is 0.555. The highest BCUT2D eigenvalue weighted by Gasteiger charge is 2.08. The minimum Gasteiger partial charge on any atom is -0.380 e. The van der Waals surface area contributed by atoms with E-state index in [2.05, 4.69) is 69.4 Å². The molecule has 1 aromatic heterocycles. The fourth-order valence-corrected chi connectivity index (χ4v) is 3.48. The van der Waals surface area contributed by atoms with E-state index in [0.717, 1.165) is 28.4 Å². The molecule has 0 aliphatic rings. The maximum atomic E-state index is 5.34. The molecular formula is C22H26N4OS. The molecule has 0 saturated heterocycles. The summed E-state index contributed by atoms with van der Waals surface area (Å²) in [5.41, 5.74) is 6.81. The second kappa shape index (κ2) is 10.2. The first-order valence-corrected chi connectivity index (χ1v) is 10.2. The molecular weight excluding hydrogens is 368 g/mol. The van der Waals surface area contributed by atoms with Crippen LogP contribution in [0.4, 0.5) is 5.82 Å². The number of hydrogen-bond acceptors (Lipinski definition) is 6. The molecule has 5 nitrogen and oxygen atoms in total. The van der Waals surface area contributed by atoms with Gasteiger partial charge in [-0.1, -0.05) is 53.9 Å². The Hall–Kier alpha value is -2.41. The van der Waals surface area contributed by atoms with E-state index in [1.54, 1.807) is 25.4 Å². The van der Waals surface area contributed by atoms with E-state index in [-0.39, 0.29) is 0 Å². The van der Waals surface area contributed by atoms with Gasteiger partial charge in [-0.3, -0.25) is 4.72 Å². The van der Waals surface area contributed by atoms with Crippen molar-refractivity contribution in [3.8, 4) is 11.3 Å². The van der Waals surface area contributed by atoms with Crippen LogP contribution in [0.5, 0.6) is 0 Å². The number of nitrogens with one attached hydrogen (secondary N) is 2. The van der Waals surface area contributed by atoms with Gasteiger partial charge in [-0.25, -0.2) is 9.97 Å². The first-order chi connectivity index (χ1) is 13.7. The largest absolute Gasteiger partial charge is 0.380 e. The van der Waals surface area contributed by atoms with E-state index in [1.165, 1.54) is 16.7 Å². The Bertz CT molecular complexity index is 917. The summed E-state index contributed by atoms with van der Waals surface area (Å²) in [7, 11) is 3.65. The van der Waals surface area contributed by atoms with Crippen molar-refractivity contribution in [1.82, 2.24) is 14.7 Å². The van der Waals surface area contributed by atoms with Crippen LogP contribution >= 0.6 is 11.9 Å². The molecule has 6 heteroatoms. The number of hydrogen-bond donors (Lipinski definition) is 2. The van der Waals surface area contributed by atoms with E-state index in [0.29, 0.717) is 13.2 Å². The first-order valence-electron chi connectivity index (χ1n) is 9.20. The molecule has 3 rings (SSSR count). The standard InChI is InChI=1S/C22H26N4OS/c1-16-7-8-19(13-27-3)20(9-16)21-11-22(26-15-25-21)24-12-17-5-4-6-18(10-17)14-28-23-2/h4-11,15,23H,12-14H2,1-3H3,(H,24,25,26). The van der Waals surface area contributed by atoms with Gasteiger partial charge >= 0.3 is 0 Å². The summed E-state index contributed by atoms with van der Waals surface area (Å²) in [4.78, 5) is 8.86. The predicted molar refractivity (Wildman–Crippen MR) is 117 cm³/mol. The normalized spacial score (nSPS) is 10.8. The fraction of sp³-hybridized carbons (Fsp3) is 0.273. The van der Waals surface area contributed by atoms with Gasteiger partial charge in [-0.15, -0.1) is 0 Å². The molecule has 2 aromatic carbocycles. The maximum Gasteiger partial charge on any atom is 0.130 e. The lowest BCUT2D eigenvalue weighted by molar-refractivity contribution is 0.185. The molecule has 0 unspecified atom stereocenters. The summed E-state index contributed by atoms with van der Waals surface area (Å²) in [5, 5.41) is 3.42. The lowest BCUT2D eigenvalue weighted by atomic mass is 10.0. The van der Waals surface area contributed by atoms with Gasteiger partial charge in [0.15, 0.2) is 0 Å². The zero-order valence-corrected chi connectivity index (χ0v) is 17.3. The lowest BCUT2D eigenvalue weighted by Crippen LogP contribution is -2.03. The average Bonchev–Trinajstić information content (AvgIpc) is 2.73. The van der Waals surface area contributed by atoms with Crippen molar-refractivity contribution in [3.63, 3.8) is 0 Å². The Kier molecular flexibility index (Phi) is 7.42. The predicted octanol–water partition coefficient (Wildman–Crippen LogP) is 4.58. The molecule has 28 heavy (non-hydrogen) atoms. The number of anilines is 1. The van der Waals surface area contributed by atoms with E-state index < -0.39 is 0 Å². The molecule has 146 valence electrons. The SMILES string of the molecule is CNSCc1cccc(CNc2cc(-c3cc(C)ccc3COC)ncn2)c1. The van der Waals surface area contributed by atoms with Gasteiger partial charge in [0.1, 0.15) is 12.1 Å². The first kappa shape index (κ1) is 20.3. The molecule has 0 atom stereocenters. The number of nitrogens with zero attached hydrogens (tertiary/aromatic N) is 2. The van der Waals surface area contributed by atoms with Gasteiger partial charge < -0.3 is 10.1 Å². The van der Waals surface area contributed by atoms with Crippen molar-refractivity contribution < 1.29 is 4.74 Å². The Morgan fingerprint density at radius 2 is 1.89 bits per heavy atom. The highest BCUT2D eigenvalue weighted by Crippen LogP contribution is 2.25. The van der Waals surface area contributed by atoms with Gasteiger partial charge in [-0.2, -0.15) is 0 Å². The van der Waals surface area contributed by atoms with Crippen molar-refractivity contribution in [3.05, 3.63) is 77.1 Å². The maximum absolute atomic E-state index is 5.34. The van der Waals surface area contributed by atoms with Crippen molar-refractivity contribution in [1.29, 1.82) is 0 Å². The fourth-order valence-electron chi connectivity index (χ4n) is 2.99. The highest BCUT2D eigenvalue weighted by atomic mass is 32.2. The third kappa shape index (κ3) is 5.55. The smallest absolute Gasteiger partial charge is 0.130 e. The molecule has 0 bridgehead atoms. The van der Waals surface area contributed by atoms with Gasteiger partial charge in [0.25, 0.3) is 0 Å². The van der Waals surface area contributed by atoms with Gasteiger partial charge in [0.05, 0.1) is 12.3 Å². The Labute approximate surface area is 171 Å². The van der Waals surface area contributed by atoms with Gasteiger partial charge in [0, 0.05) is 31.0 Å². The number of benzene rings is 2. The molecule has 0 aliphatic heterocycles. The molecule has 0 aliphatic carbocycles. The number of rotatable bonds is 9. The van der Waals surface area contributed by atoms with Crippen molar-refractivity contribution >= 4 is 17.8 Å². The summed E-state index contributed by atoms with van der Waals surface area (Å²) in [6.45, 7) is 3.35. The van der Waals surface area contributed by atoms with Crippen molar-refractivity contribution in [2.24, 2.45) is 0 Å². The molecule has 0 spiro atoms. The van der Waals surface area contributed by atoms with Crippen LogP contribution in [0.2, 0.25) is 0 Å². The highest BCUT2D eigenvalue weighted by molar-refractivity contribution is 7.96. The summed E-state index contributed by atoms with van der Waals surface area (Å²) in [6, 6.07) is 16.9. The van der Waals surface area contributed by atoms with Crippen molar-refractivity contribution in [2.45, 2.75) is 25.8 Å². The van der Waals surface area contributed by atoms with Crippen LogP contribution < -0.4 is 10.0 Å². The Morgan fingerprint density at radius 3 is 2.71 bits per heavy atom. The number of methoxy groups -OCH3 is 1. The lowest BCUT2D eigenvalue weighted by Gasteiger charge is -2.12. The van der Waals surface area contributed by atoms with Crippen LogP contribution in [0.15, 0.2) is 54.9 Å². The summed E-state index contributed by atoms with van der Waals surface area (Å²) in [5.74, 6) is 1.75. The number of aryl methyl sites for hydroxylation is 1. The average molecular weight is 395 g/mol. The third-order valence-electron chi connectivity index (χ3n) is 4.36. The summed E-state index contributed by atoms with van der Waals surface area (Å²) in [6.07, 6.45) is 1.61. The third-order valence-corrected chi connectivity index (χ3v) is 5.12. The van der Waals surface area contributed by atoms with Crippen LogP contribution in [0, 0.1) is 6.92 Å². The van der Waals surface area contributed by atoms with Crippen LogP contribution in [-0.2, 0) is 23.6 Å². The molecule has 0 amide bonds. The van der Waals surface area contributed by atoms with Crippen LogP contribution in [-0.4, -0.2) is 24.1 Å². The topological polar surface area (TPSA) is 59.1 Å². The van der Waals surface area contributed by atoms with E-state index in [4.69, 9.17) is 4.74 Å². The quantitative estimate of drug-likeness (QED) is 0.518. The van der Waals surface area contributed by atoms with E-state index in [1.807, 2.05) is 13.1 Å². The molecule has 0 radical (unpaired) electrons. The number of aromatic nitrogens is 2. The molecule has 0 saturated carbocycles. The van der Waals surface area contributed by atoms with Crippen LogP contribution in [0.3, 0.4) is 0 Å².